The fourth-order valence-electron chi connectivity index (χ4n) is 2.53. The van der Waals surface area contributed by atoms with Crippen LogP contribution in [0.3, 0.4) is 0 Å². The van der Waals surface area contributed by atoms with E-state index in [2.05, 4.69) is 58.5 Å². The van der Waals surface area contributed by atoms with Gasteiger partial charge in [0.1, 0.15) is 11.9 Å². The quantitative estimate of drug-likeness (QED) is 0.918. The third kappa shape index (κ3) is 3.05. The van der Waals surface area contributed by atoms with Crippen molar-refractivity contribution in [3.63, 3.8) is 0 Å². The number of benzene rings is 2. The lowest BCUT2D eigenvalue weighted by atomic mass is 10.1. The van der Waals surface area contributed by atoms with Gasteiger partial charge in [-0.1, -0.05) is 46.3 Å². The van der Waals surface area contributed by atoms with E-state index in [0.717, 1.165) is 25.3 Å². The molecule has 2 aromatic rings. The molecule has 0 amide bonds. The number of rotatable bonds is 4. The van der Waals surface area contributed by atoms with Crippen LogP contribution in [-0.2, 0) is 13.0 Å². The number of aryl methyl sites for hydroxylation is 1. The van der Waals surface area contributed by atoms with Crippen molar-refractivity contribution >= 4 is 15.9 Å². The summed E-state index contributed by atoms with van der Waals surface area (Å²) >= 11 is 3.61. The Labute approximate surface area is 128 Å². The lowest BCUT2D eigenvalue weighted by Crippen LogP contribution is -2.29. The molecule has 0 radical (unpaired) electrons. The van der Waals surface area contributed by atoms with E-state index in [0.29, 0.717) is 0 Å². The molecule has 2 nitrogen and oxygen atoms in total. The SMILES string of the molecule is Cc1ccc(CNCC2Cc3ccccc3O2)c(Br)c1. The zero-order valence-corrected chi connectivity index (χ0v) is 13.1. The number of hydrogen-bond acceptors (Lipinski definition) is 2. The average Bonchev–Trinajstić information content (AvgIpc) is 2.84. The first-order valence-corrected chi connectivity index (χ1v) is 7.72. The van der Waals surface area contributed by atoms with Crippen molar-refractivity contribution in [1.29, 1.82) is 0 Å². The molecule has 2 aromatic carbocycles. The smallest absolute Gasteiger partial charge is 0.123 e. The molecule has 1 aliphatic rings. The molecule has 0 bridgehead atoms. The number of para-hydroxylation sites is 1. The van der Waals surface area contributed by atoms with E-state index in [1.807, 2.05) is 12.1 Å². The summed E-state index contributed by atoms with van der Waals surface area (Å²) in [7, 11) is 0. The molecular weight excluding hydrogens is 314 g/mol. The maximum absolute atomic E-state index is 5.92. The van der Waals surface area contributed by atoms with Crippen LogP contribution in [-0.4, -0.2) is 12.6 Å². The number of halogens is 1. The van der Waals surface area contributed by atoms with Gasteiger partial charge in [-0.15, -0.1) is 0 Å². The molecular formula is C17H18BrNO. The third-order valence-electron chi connectivity index (χ3n) is 3.61. The maximum Gasteiger partial charge on any atom is 0.123 e. The molecule has 3 heteroatoms. The van der Waals surface area contributed by atoms with E-state index in [1.165, 1.54) is 21.2 Å². The van der Waals surface area contributed by atoms with Crippen molar-refractivity contribution < 1.29 is 4.74 Å². The van der Waals surface area contributed by atoms with Crippen molar-refractivity contribution in [3.8, 4) is 5.75 Å². The molecule has 0 spiro atoms. The second kappa shape index (κ2) is 5.98. The van der Waals surface area contributed by atoms with Crippen LogP contribution in [0.4, 0.5) is 0 Å². The molecule has 0 fully saturated rings. The van der Waals surface area contributed by atoms with Crippen molar-refractivity contribution in [2.45, 2.75) is 26.0 Å². The highest BCUT2D eigenvalue weighted by molar-refractivity contribution is 9.10. The fraction of sp³-hybridized carbons (Fsp3) is 0.294. The highest BCUT2D eigenvalue weighted by atomic mass is 79.9. The van der Waals surface area contributed by atoms with E-state index in [9.17, 15) is 0 Å². The van der Waals surface area contributed by atoms with Gasteiger partial charge in [-0.05, 0) is 35.7 Å². The molecule has 0 aromatic heterocycles. The molecule has 1 unspecified atom stereocenters. The first-order chi connectivity index (χ1) is 9.72. The van der Waals surface area contributed by atoms with Crippen molar-refractivity contribution in [2.75, 3.05) is 6.54 Å². The third-order valence-corrected chi connectivity index (χ3v) is 4.35. The van der Waals surface area contributed by atoms with Gasteiger partial charge in [0.25, 0.3) is 0 Å². The van der Waals surface area contributed by atoms with Gasteiger partial charge in [0.05, 0.1) is 0 Å². The van der Waals surface area contributed by atoms with E-state index >= 15 is 0 Å². The summed E-state index contributed by atoms with van der Waals surface area (Å²) in [5.74, 6) is 1.04. The van der Waals surface area contributed by atoms with Gasteiger partial charge >= 0.3 is 0 Å². The normalized spacial score (nSPS) is 16.8. The van der Waals surface area contributed by atoms with Crippen molar-refractivity contribution in [3.05, 3.63) is 63.6 Å². The molecule has 1 aliphatic heterocycles. The van der Waals surface area contributed by atoms with Crippen LogP contribution in [0.5, 0.6) is 5.75 Å². The fourth-order valence-corrected chi connectivity index (χ4v) is 3.16. The predicted molar refractivity (Wildman–Crippen MR) is 85.1 cm³/mol. The first kappa shape index (κ1) is 13.7. The number of nitrogens with one attached hydrogen (secondary N) is 1. The summed E-state index contributed by atoms with van der Waals surface area (Å²) in [5.41, 5.74) is 3.87. The summed E-state index contributed by atoms with van der Waals surface area (Å²) < 4.78 is 7.09. The Morgan fingerprint density at radius 1 is 1.25 bits per heavy atom. The minimum atomic E-state index is 0.247. The van der Waals surface area contributed by atoms with Crippen LogP contribution in [0.1, 0.15) is 16.7 Å². The largest absolute Gasteiger partial charge is 0.488 e. The van der Waals surface area contributed by atoms with Gasteiger partial charge in [-0.3, -0.25) is 0 Å². The van der Waals surface area contributed by atoms with Crippen LogP contribution >= 0.6 is 15.9 Å². The molecule has 0 saturated heterocycles. The van der Waals surface area contributed by atoms with Crippen molar-refractivity contribution in [2.24, 2.45) is 0 Å². The maximum atomic E-state index is 5.92. The second-order valence-electron chi connectivity index (χ2n) is 5.28. The Balaban J connectivity index is 1.52. The topological polar surface area (TPSA) is 21.3 Å². The highest BCUT2D eigenvalue weighted by Gasteiger charge is 2.21. The zero-order valence-electron chi connectivity index (χ0n) is 11.5. The molecule has 1 heterocycles. The molecule has 1 atom stereocenters. The molecule has 3 rings (SSSR count). The van der Waals surface area contributed by atoms with Crippen LogP contribution in [0.2, 0.25) is 0 Å². The summed E-state index contributed by atoms with van der Waals surface area (Å²) in [5, 5.41) is 3.48. The van der Waals surface area contributed by atoms with Gasteiger partial charge in [-0.2, -0.15) is 0 Å². The Morgan fingerprint density at radius 3 is 2.90 bits per heavy atom. The van der Waals surface area contributed by atoms with Crippen LogP contribution in [0.25, 0.3) is 0 Å². The lowest BCUT2D eigenvalue weighted by Gasteiger charge is -2.13. The first-order valence-electron chi connectivity index (χ1n) is 6.92. The Bertz CT molecular complexity index is 587. The monoisotopic (exact) mass is 331 g/mol. The number of hydrogen-bond donors (Lipinski definition) is 1. The Morgan fingerprint density at radius 2 is 2.10 bits per heavy atom. The summed E-state index contributed by atoms with van der Waals surface area (Å²) in [6.45, 7) is 3.83. The summed E-state index contributed by atoms with van der Waals surface area (Å²) in [6, 6.07) is 14.7. The van der Waals surface area contributed by atoms with Crippen molar-refractivity contribution in [1.82, 2.24) is 5.32 Å². The van der Waals surface area contributed by atoms with Crippen LogP contribution in [0.15, 0.2) is 46.9 Å². The average molecular weight is 332 g/mol. The lowest BCUT2D eigenvalue weighted by molar-refractivity contribution is 0.227. The highest BCUT2D eigenvalue weighted by Crippen LogP contribution is 2.27. The van der Waals surface area contributed by atoms with Gasteiger partial charge in [0.15, 0.2) is 0 Å². The van der Waals surface area contributed by atoms with E-state index in [4.69, 9.17) is 4.74 Å². The van der Waals surface area contributed by atoms with Gasteiger partial charge in [0.2, 0.25) is 0 Å². The molecule has 0 saturated carbocycles. The molecule has 20 heavy (non-hydrogen) atoms. The van der Waals surface area contributed by atoms with E-state index in [1.54, 1.807) is 0 Å². The predicted octanol–water partition coefficient (Wildman–Crippen LogP) is 3.85. The van der Waals surface area contributed by atoms with Crippen LogP contribution < -0.4 is 10.1 Å². The number of fused-ring (bicyclic) bond motifs is 1. The number of ether oxygens (including phenoxy) is 1. The zero-order chi connectivity index (χ0) is 13.9. The minimum Gasteiger partial charge on any atom is -0.488 e. The second-order valence-corrected chi connectivity index (χ2v) is 6.13. The van der Waals surface area contributed by atoms with Gasteiger partial charge < -0.3 is 10.1 Å². The van der Waals surface area contributed by atoms with Gasteiger partial charge in [0, 0.05) is 24.0 Å². The minimum absolute atomic E-state index is 0.247. The van der Waals surface area contributed by atoms with Crippen LogP contribution in [0, 0.1) is 6.92 Å². The summed E-state index contributed by atoms with van der Waals surface area (Å²) in [4.78, 5) is 0. The Hall–Kier alpha value is -1.32. The molecule has 1 N–H and O–H groups in total. The van der Waals surface area contributed by atoms with E-state index in [-0.39, 0.29) is 6.10 Å². The Kier molecular flexibility index (Phi) is 4.08. The van der Waals surface area contributed by atoms with Gasteiger partial charge in [-0.25, -0.2) is 0 Å². The summed E-state index contributed by atoms with van der Waals surface area (Å²) in [6.07, 6.45) is 1.25. The standard InChI is InChI=1S/C17H18BrNO/c1-12-6-7-14(16(18)8-12)10-19-11-15-9-13-4-2-3-5-17(13)20-15/h2-8,15,19H,9-11H2,1H3. The molecule has 104 valence electrons. The van der Waals surface area contributed by atoms with E-state index < -0.39 is 0 Å². The molecule has 0 aliphatic carbocycles.